The quantitative estimate of drug-likeness (QED) is 0.329. The van der Waals surface area contributed by atoms with Gasteiger partial charge in [0.25, 0.3) is 5.91 Å². The molecule has 0 aromatic rings. The van der Waals surface area contributed by atoms with E-state index in [2.05, 4.69) is 16.2 Å². The summed E-state index contributed by atoms with van der Waals surface area (Å²) in [5.74, 6) is -0.525. The molecule has 0 aliphatic heterocycles. The Balaban J connectivity index is 3.51. The second-order valence-corrected chi connectivity index (χ2v) is 2.87. The van der Waals surface area contributed by atoms with Crippen LogP contribution in [-0.2, 0) is 4.79 Å². The van der Waals surface area contributed by atoms with Gasteiger partial charge in [-0.25, -0.2) is 0 Å². The summed E-state index contributed by atoms with van der Waals surface area (Å²) < 4.78 is 0. The largest absolute Gasteiger partial charge is 0.386 e. The van der Waals surface area contributed by atoms with E-state index in [-0.39, 0.29) is 6.04 Å². The second kappa shape index (κ2) is 5.73. The average molecular weight is 191 g/mol. The van der Waals surface area contributed by atoms with Crippen molar-refractivity contribution < 1.29 is 9.90 Å². The molecule has 0 saturated heterocycles. The van der Waals surface area contributed by atoms with E-state index in [0.717, 1.165) is 0 Å². The third-order valence-corrected chi connectivity index (χ3v) is 1.10. The summed E-state index contributed by atoms with van der Waals surface area (Å²) in [6, 6.07) is 0.205. The van der Waals surface area contributed by atoms with E-state index in [1.165, 1.54) is 0 Å². The first-order valence-corrected chi connectivity index (χ1v) is 3.93. The molecule has 0 aromatic carbocycles. The number of aliphatic hydroxyl groups excluding tert-OH is 1. The zero-order valence-electron chi connectivity index (χ0n) is 7.05. The number of hydrogen-bond donors (Lipinski definition) is 4. The number of hydrazine groups is 1. The average Bonchev–Trinajstić information content (AvgIpc) is 1.99. The van der Waals surface area contributed by atoms with Crippen molar-refractivity contribution in [2.75, 3.05) is 6.61 Å². The van der Waals surface area contributed by atoms with Gasteiger partial charge < -0.3 is 10.4 Å². The molecule has 12 heavy (non-hydrogen) atoms. The first kappa shape index (κ1) is 11.1. The minimum absolute atomic E-state index is 0.205. The molecule has 0 radical (unpaired) electrons. The molecule has 0 bridgehead atoms. The molecule has 0 atom stereocenters. The van der Waals surface area contributed by atoms with Gasteiger partial charge in [0.2, 0.25) is 0 Å². The second-order valence-electron chi connectivity index (χ2n) is 2.46. The van der Waals surface area contributed by atoms with Crippen LogP contribution in [0.5, 0.6) is 0 Å². The molecule has 0 saturated carbocycles. The van der Waals surface area contributed by atoms with Crippen LogP contribution in [0.4, 0.5) is 0 Å². The van der Waals surface area contributed by atoms with Crippen LogP contribution in [-0.4, -0.2) is 28.8 Å². The van der Waals surface area contributed by atoms with Gasteiger partial charge in [-0.1, -0.05) is 0 Å². The van der Waals surface area contributed by atoms with Crippen LogP contribution in [0.3, 0.4) is 0 Å². The molecule has 0 heterocycles. The van der Waals surface area contributed by atoms with E-state index in [4.69, 9.17) is 17.3 Å². The number of rotatable bonds is 2. The smallest absolute Gasteiger partial charge is 0.264 e. The number of carbonyl (C=O) groups excluding carboxylic acids is 1. The Kier molecular flexibility index (Phi) is 5.31. The standard InChI is InChI=1S/C6H13N3O2S/c1-4(2)7-6(12)9-8-5(11)3-10/h4,10H,3H2,1-2H3,(H,8,11)(H2,7,9,12). The van der Waals surface area contributed by atoms with Crippen molar-refractivity contribution in [1.29, 1.82) is 0 Å². The van der Waals surface area contributed by atoms with Gasteiger partial charge in [-0.3, -0.25) is 15.6 Å². The van der Waals surface area contributed by atoms with Crippen molar-refractivity contribution in [1.82, 2.24) is 16.2 Å². The molecular formula is C6H13N3O2S. The van der Waals surface area contributed by atoms with Crippen molar-refractivity contribution in [3.63, 3.8) is 0 Å². The van der Waals surface area contributed by atoms with Gasteiger partial charge >= 0.3 is 0 Å². The van der Waals surface area contributed by atoms with Crippen LogP contribution in [0.15, 0.2) is 0 Å². The number of thiocarbonyl (C=S) groups is 1. The minimum Gasteiger partial charge on any atom is -0.386 e. The van der Waals surface area contributed by atoms with Crippen LogP contribution in [0.1, 0.15) is 13.8 Å². The van der Waals surface area contributed by atoms with Gasteiger partial charge in [0.15, 0.2) is 5.11 Å². The lowest BCUT2D eigenvalue weighted by Gasteiger charge is -2.12. The molecule has 70 valence electrons. The highest BCUT2D eigenvalue weighted by Crippen LogP contribution is 1.74. The molecule has 5 nitrogen and oxygen atoms in total. The SMILES string of the molecule is CC(C)NC(=S)NNC(=O)CO. The zero-order chi connectivity index (χ0) is 9.56. The first-order valence-electron chi connectivity index (χ1n) is 3.52. The normalized spacial score (nSPS) is 9.33. The van der Waals surface area contributed by atoms with Gasteiger partial charge in [-0.05, 0) is 26.1 Å². The van der Waals surface area contributed by atoms with Crippen LogP contribution in [0.25, 0.3) is 0 Å². The van der Waals surface area contributed by atoms with Gasteiger partial charge in [0.1, 0.15) is 6.61 Å². The maximum atomic E-state index is 10.5. The Morgan fingerprint density at radius 3 is 2.50 bits per heavy atom. The van der Waals surface area contributed by atoms with Crippen LogP contribution in [0.2, 0.25) is 0 Å². The van der Waals surface area contributed by atoms with E-state index in [1.54, 1.807) is 0 Å². The maximum Gasteiger partial charge on any atom is 0.264 e. The topological polar surface area (TPSA) is 73.4 Å². The summed E-state index contributed by atoms with van der Waals surface area (Å²) in [7, 11) is 0. The number of hydrogen-bond acceptors (Lipinski definition) is 3. The Hall–Kier alpha value is -0.880. The predicted molar refractivity (Wildman–Crippen MR) is 49.2 cm³/mol. The monoisotopic (exact) mass is 191 g/mol. The number of nitrogens with one attached hydrogen (secondary N) is 3. The predicted octanol–water partition coefficient (Wildman–Crippen LogP) is -1.12. The number of aliphatic hydroxyl groups is 1. The third kappa shape index (κ3) is 5.87. The first-order chi connectivity index (χ1) is 5.56. The summed E-state index contributed by atoms with van der Waals surface area (Å²) in [6.45, 7) is 3.28. The molecule has 0 spiro atoms. The third-order valence-electron chi connectivity index (χ3n) is 0.879. The number of amides is 1. The Labute approximate surface area is 76.5 Å². The van der Waals surface area contributed by atoms with Crippen LogP contribution >= 0.6 is 12.2 Å². The fraction of sp³-hybridized carbons (Fsp3) is 0.667. The lowest BCUT2D eigenvalue weighted by molar-refractivity contribution is -0.124. The van der Waals surface area contributed by atoms with Crippen molar-refractivity contribution in [3.8, 4) is 0 Å². The Bertz CT molecular complexity index is 172. The fourth-order valence-electron chi connectivity index (χ4n) is 0.464. The molecule has 0 rings (SSSR count). The lowest BCUT2D eigenvalue weighted by atomic mass is 10.4. The van der Waals surface area contributed by atoms with E-state index >= 15 is 0 Å². The summed E-state index contributed by atoms with van der Waals surface area (Å²) in [5.41, 5.74) is 4.62. The summed E-state index contributed by atoms with van der Waals surface area (Å²) in [4.78, 5) is 10.5. The van der Waals surface area contributed by atoms with Crippen LogP contribution in [0, 0.1) is 0 Å². The van der Waals surface area contributed by atoms with Crippen molar-refractivity contribution in [2.45, 2.75) is 19.9 Å². The highest BCUT2D eigenvalue weighted by atomic mass is 32.1. The molecule has 0 aliphatic rings. The highest BCUT2D eigenvalue weighted by molar-refractivity contribution is 7.80. The Morgan fingerprint density at radius 2 is 2.08 bits per heavy atom. The zero-order valence-corrected chi connectivity index (χ0v) is 7.86. The van der Waals surface area contributed by atoms with Crippen molar-refractivity contribution in [3.05, 3.63) is 0 Å². The summed E-state index contributed by atoms with van der Waals surface area (Å²) in [6.07, 6.45) is 0. The summed E-state index contributed by atoms with van der Waals surface area (Å²) >= 11 is 4.78. The van der Waals surface area contributed by atoms with Gasteiger partial charge in [0, 0.05) is 6.04 Å². The van der Waals surface area contributed by atoms with E-state index in [0.29, 0.717) is 5.11 Å². The maximum absolute atomic E-state index is 10.5. The molecule has 0 fully saturated rings. The molecule has 0 aromatic heterocycles. The molecule has 0 unspecified atom stereocenters. The minimum atomic E-state index is -0.558. The number of carbonyl (C=O) groups is 1. The fourth-order valence-corrected chi connectivity index (χ4v) is 0.751. The van der Waals surface area contributed by atoms with Crippen molar-refractivity contribution in [2.24, 2.45) is 0 Å². The lowest BCUT2D eigenvalue weighted by Crippen LogP contribution is -2.49. The Morgan fingerprint density at radius 1 is 1.50 bits per heavy atom. The van der Waals surface area contributed by atoms with Gasteiger partial charge in [0.05, 0.1) is 0 Å². The molecule has 0 aliphatic carbocycles. The molecule has 4 N–H and O–H groups in total. The highest BCUT2D eigenvalue weighted by Gasteiger charge is 1.99. The molecular weight excluding hydrogens is 178 g/mol. The summed E-state index contributed by atoms with van der Waals surface area (Å²) in [5, 5.41) is 11.5. The van der Waals surface area contributed by atoms with E-state index in [1.807, 2.05) is 13.8 Å². The van der Waals surface area contributed by atoms with Crippen LogP contribution < -0.4 is 16.2 Å². The molecule has 6 heteroatoms. The van der Waals surface area contributed by atoms with Gasteiger partial charge in [-0.2, -0.15) is 0 Å². The van der Waals surface area contributed by atoms with Gasteiger partial charge in [-0.15, -0.1) is 0 Å². The van der Waals surface area contributed by atoms with Crippen molar-refractivity contribution >= 4 is 23.2 Å². The van der Waals surface area contributed by atoms with E-state index < -0.39 is 12.5 Å². The van der Waals surface area contributed by atoms with E-state index in [9.17, 15) is 4.79 Å². The molecule has 1 amide bonds.